The lowest BCUT2D eigenvalue weighted by molar-refractivity contribution is -0.121. The van der Waals surface area contributed by atoms with Crippen molar-refractivity contribution in [1.82, 2.24) is 15.8 Å². The van der Waals surface area contributed by atoms with Crippen LogP contribution in [-0.2, 0) is 11.2 Å². The van der Waals surface area contributed by atoms with Crippen molar-refractivity contribution in [2.24, 2.45) is 0 Å². The Labute approximate surface area is 163 Å². The lowest BCUT2D eigenvalue weighted by atomic mass is 10.2. The van der Waals surface area contributed by atoms with E-state index in [0.29, 0.717) is 21.3 Å². The van der Waals surface area contributed by atoms with Gasteiger partial charge in [-0.3, -0.25) is 20.4 Å². The first kappa shape index (κ1) is 18.4. The van der Waals surface area contributed by atoms with E-state index in [0.717, 1.165) is 10.6 Å². The number of nitrogens with one attached hydrogen (secondary N) is 2. The van der Waals surface area contributed by atoms with E-state index in [1.54, 1.807) is 29.6 Å². The van der Waals surface area contributed by atoms with Crippen LogP contribution in [0.4, 0.5) is 0 Å². The molecule has 2 N–H and O–H groups in total. The second-order valence-corrected chi connectivity index (χ2v) is 7.02. The molecule has 0 radical (unpaired) electrons. The number of carbonyl (C=O) groups is 2. The molecule has 0 saturated heterocycles. The molecular weight excluding hydrogens is 393 g/mol. The van der Waals surface area contributed by atoms with Crippen LogP contribution < -0.4 is 10.9 Å². The fraction of sp³-hybridized carbons (Fsp3) is 0.0556. The van der Waals surface area contributed by atoms with Crippen molar-refractivity contribution in [3.8, 4) is 10.6 Å². The largest absolute Gasteiger partial charge is 0.273 e. The summed E-state index contributed by atoms with van der Waals surface area (Å²) in [4.78, 5) is 28.4. The number of halogens is 2. The highest BCUT2D eigenvalue weighted by Gasteiger charge is 2.12. The van der Waals surface area contributed by atoms with Gasteiger partial charge in [-0.05, 0) is 24.3 Å². The molecule has 0 saturated carbocycles. The van der Waals surface area contributed by atoms with E-state index in [9.17, 15) is 9.59 Å². The third kappa shape index (κ3) is 4.60. The molecule has 0 aliphatic rings. The molecule has 2 aromatic carbocycles. The van der Waals surface area contributed by atoms with Gasteiger partial charge < -0.3 is 0 Å². The number of aromatic nitrogens is 1. The minimum atomic E-state index is -0.448. The summed E-state index contributed by atoms with van der Waals surface area (Å²) in [6.45, 7) is 0. The summed E-state index contributed by atoms with van der Waals surface area (Å²) in [5.41, 5.74) is 6.49. The topological polar surface area (TPSA) is 71.1 Å². The van der Waals surface area contributed by atoms with Gasteiger partial charge in [-0.2, -0.15) is 0 Å². The summed E-state index contributed by atoms with van der Waals surface area (Å²) in [6.07, 6.45) is 0.0385. The summed E-state index contributed by atoms with van der Waals surface area (Å²) in [6, 6.07) is 13.8. The van der Waals surface area contributed by atoms with E-state index in [1.165, 1.54) is 17.4 Å². The van der Waals surface area contributed by atoms with Crippen LogP contribution >= 0.6 is 34.5 Å². The van der Waals surface area contributed by atoms with Crippen molar-refractivity contribution in [3.63, 3.8) is 0 Å². The Morgan fingerprint density at radius 2 is 1.85 bits per heavy atom. The monoisotopic (exact) mass is 405 g/mol. The van der Waals surface area contributed by atoms with Crippen LogP contribution in [0, 0.1) is 0 Å². The number of carbonyl (C=O) groups excluding carboxylic acids is 2. The van der Waals surface area contributed by atoms with Gasteiger partial charge >= 0.3 is 0 Å². The standard InChI is InChI=1S/C18H13Cl2N3O2S/c19-12-5-3-4-11(8-12)17(25)23-22-16(24)9-13-10-26-18(21-13)14-6-1-2-7-15(14)20/h1-8,10H,9H2,(H,22,24)(H,23,25). The molecule has 1 aromatic heterocycles. The summed E-state index contributed by atoms with van der Waals surface area (Å²) in [7, 11) is 0. The average molecular weight is 406 g/mol. The first-order valence-corrected chi connectivity index (χ1v) is 9.20. The Morgan fingerprint density at radius 3 is 2.62 bits per heavy atom. The molecule has 132 valence electrons. The van der Waals surface area contributed by atoms with Gasteiger partial charge in [0.05, 0.1) is 17.1 Å². The molecule has 0 aliphatic heterocycles. The number of thiazole rings is 1. The molecule has 0 fully saturated rings. The predicted molar refractivity (Wildman–Crippen MR) is 103 cm³/mol. The summed E-state index contributed by atoms with van der Waals surface area (Å²) in [5, 5.41) is 3.57. The van der Waals surface area contributed by atoms with Crippen LogP contribution in [0.5, 0.6) is 0 Å². The third-order valence-corrected chi connectivity index (χ3v) is 4.89. The van der Waals surface area contributed by atoms with Gasteiger partial charge in [0.15, 0.2) is 0 Å². The lowest BCUT2D eigenvalue weighted by Gasteiger charge is -2.06. The fourth-order valence-electron chi connectivity index (χ4n) is 2.18. The average Bonchev–Trinajstić information content (AvgIpc) is 3.08. The predicted octanol–water partition coefficient (Wildman–Crippen LogP) is 4.12. The lowest BCUT2D eigenvalue weighted by Crippen LogP contribution is -2.42. The molecule has 0 spiro atoms. The summed E-state index contributed by atoms with van der Waals surface area (Å²) in [5.74, 6) is -0.827. The Bertz CT molecular complexity index is 959. The number of hydrogen-bond donors (Lipinski definition) is 2. The Kier molecular flexibility index (Phi) is 5.88. The van der Waals surface area contributed by atoms with Crippen molar-refractivity contribution in [3.05, 3.63) is 75.2 Å². The molecule has 0 unspecified atom stereocenters. The highest BCUT2D eigenvalue weighted by atomic mass is 35.5. The van der Waals surface area contributed by atoms with Gasteiger partial charge in [0.2, 0.25) is 5.91 Å². The van der Waals surface area contributed by atoms with Crippen LogP contribution in [0.2, 0.25) is 10.0 Å². The highest BCUT2D eigenvalue weighted by molar-refractivity contribution is 7.13. The van der Waals surface area contributed by atoms with E-state index in [4.69, 9.17) is 23.2 Å². The van der Waals surface area contributed by atoms with Gasteiger partial charge in [-0.15, -0.1) is 11.3 Å². The van der Waals surface area contributed by atoms with Crippen LogP contribution in [-0.4, -0.2) is 16.8 Å². The first-order valence-electron chi connectivity index (χ1n) is 7.57. The molecule has 3 aromatic rings. The zero-order valence-electron chi connectivity index (χ0n) is 13.3. The number of hydrogen-bond acceptors (Lipinski definition) is 4. The van der Waals surface area contributed by atoms with Crippen LogP contribution in [0.1, 0.15) is 16.1 Å². The van der Waals surface area contributed by atoms with Crippen molar-refractivity contribution in [1.29, 1.82) is 0 Å². The minimum absolute atomic E-state index is 0.0385. The number of benzene rings is 2. The zero-order valence-corrected chi connectivity index (χ0v) is 15.7. The zero-order chi connectivity index (χ0) is 18.5. The van der Waals surface area contributed by atoms with E-state index >= 15 is 0 Å². The highest BCUT2D eigenvalue weighted by Crippen LogP contribution is 2.30. The number of amides is 2. The Hall–Kier alpha value is -2.41. The maximum absolute atomic E-state index is 12.0. The molecule has 26 heavy (non-hydrogen) atoms. The molecule has 8 heteroatoms. The third-order valence-electron chi connectivity index (χ3n) is 3.40. The van der Waals surface area contributed by atoms with E-state index in [-0.39, 0.29) is 12.3 Å². The van der Waals surface area contributed by atoms with Gasteiger partial charge in [0.1, 0.15) is 5.01 Å². The SMILES string of the molecule is O=C(Cc1csc(-c2ccccc2Cl)n1)NNC(=O)c1cccc(Cl)c1. The summed E-state index contributed by atoms with van der Waals surface area (Å²) >= 11 is 13.4. The Balaban J connectivity index is 1.57. The van der Waals surface area contributed by atoms with Crippen molar-refractivity contribution >= 4 is 46.4 Å². The van der Waals surface area contributed by atoms with Crippen LogP contribution in [0.25, 0.3) is 10.6 Å². The number of hydrazine groups is 1. The molecule has 0 aliphatic carbocycles. The maximum atomic E-state index is 12.0. The van der Waals surface area contributed by atoms with E-state index in [2.05, 4.69) is 15.8 Å². The normalized spacial score (nSPS) is 10.4. The smallest absolute Gasteiger partial charge is 0.269 e. The van der Waals surface area contributed by atoms with Crippen molar-refractivity contribution < 1.29 is 9.59 Å². The molecule has 2 amide bonds. The second-order valence-electron chi connectivity index (χ2n) is 5.31. The summed E-state index contributed by atoms with van der Waals surface area (Å²) < 4.78 is 0. The molecule has 0 atom stereocenters. The minimum Gasteiger partial charge on any atom is -0.273 e. The maximum Gasteiger partial charge on any atom is 0.269 e. The van der Waals surface area contributed by atoms with Gasteiger partial charge in [0, 0.05) is 21.5 Å². The van der Waals surface area contributed by atoms with Gasteiger partial charge in [0.25, 0.3) is 5.91 Å². The van der Waals surface area contributed by atoms with Crippen molar-refractivity contribution in [2.45, 2.75) is 6.42 Å². The van der Waals surface area contributed by atoms with E-state index in [1.807, 2.05) is 18.2 Å². The molecule has 1 heterocycles. The fourth-order valence-corrected chi connectivity index (χ4v) is 3.51. The quantitative estimate of drug-likeness (QED) is 0.641. The first-order chi connectivity index (χ1) is 12.5. The molecule has 0 bridgehead atoms. The van der Waals surface area contributed by atoms with E-state index < -0.39 is 5.91 Å². The number of rotatable bonds is 4. The Morgan fingerprint density at radius 1 is 1.04 bits per heavy atom. The van der Waals surface area contributed by atoms with Gasteiger partial charge in [-0.1, -0.05) is 47.5 Å². The van der Waals surface area contributed by atoms with Gasteiger partial charge in [-0.25, -0.2) is 4.98 Å². The van der Waals surface area contributed by atoms with Crippen LogP contribution in [0.3, 0.4) is 0 Å². The molecule has 5 nitrogen and oxygen atoms in total. The van der Waals surface area contributed by atoms with Crippen LogP contribution in [0.15, 0.2) is 53.9 Å². The van der Waals surface area contributed by atoms with Crippen molar-refractivity contribution in [2.75, 3.05) is 0 Å². The second kappa shape index (κ2) is 8.31. The molecular formula is C18H13Cl2N3O2S. The number of nitrogens with zero attached hydrogens (tertiary/aromatic N) is 1. The molecule has 3 rings (SSSR count).